The van der Waals surface area contributed by atoms with Gasteiger partial charge in [-0.2, -0.15) is 0 Å². The molecular formula is C10H24O3Si. The van der Waals surface area contributed by atoms with Gasteiger partial charge in [0.15, 0.2) is 8.32 Å². The summed E-state index contributed by atoms with van der Waals surface area (Å²) in [6, 6.07) is 1.16. The van der Waals surface area contributed by atoms with Crippen LogP contribution in [-0.4, -0.2) is 41.9 Å². The third kappa shape index (κ3) is 8.68. The predicted molar refractivity (Wildman–Crippen MR) is 61.2 cm³/mol. The minimum Gasteiger partial charge on any atom is -0.420 e. The molecule has 0 saturated heterocycles. The Hall–Kier alpha value is 0.0969. The Kier molecular flexibility index (Phi) is 8.47. The molecule has 0 aromatic heterocycles. The Morgan fingerprint density at radius 3 is 2.21 bits per heavy atom. The van der Waals surface area contributed by atoms with Gasteiger partial charge in [-0.15, -0.1) is 0 Å². The lowest BCUT2D eigenvalue weighted by Crippen LogP contribution is -2.28. The highest BCUT2D eigenvalue weighted by molar-refractivity contribution is 6.71. The first-order chi connectivity index (χ1) is 6.62. The molecule has 0 spiro atoms. The van der Waals surface area contributed by atoms with E-state index in [1.807, 2.05) is 14.0 Å². The van der Waals surface area contributed by atoms with E-state index < -0.39 is 8.32 Å². The lowest BCUT2D eigenvalue weighted by Gasteiger charge is -2.19. The highest BCUT2D eigenvalue weighted by atomic mass is 28.4. The highest BCUT2D eigenvalue weighted by Gasteiger charge is 2.19. The standard InChI is InChI=1S/C10H24O3Si/c1-5-12-8-9-13-7-6-10-14(3,4)11-2/h5-10H2,1-4H3. The molecule has 0 bridgehead atoms. The summed E-state index contributed by atoms with van der Waals surface area (Å²) in [4.78, 5) is 0. The Morgan fingerprint density at radius 1 is 1.00 bits per heavy atom. The number of rotatable bonds is 9. The third-order valence-corrected chi connectivity index (χ3v) is 4.86. The van der Waals surface area contributed by atoms with Crippen molar-refractivity contribution >= 4 is 8.32 Å². The fourth-order valence-electron chi connectivity index (χ4n) is 1.07. The van der Waals surface area contributed by atoms with Crippen LogP contribution in [0, 0.1) is 0 Å². The van der Waals surface area contributed by atoms with Crippen molar-refractivity contribution in [2.45, 2.75) is 32.5 Å². The van der Waals surface area contributed by atoms with Gasteiger partial charge in [0.05, 0.1) is 13.2 Å². The van der Waals surface area contributed by atoms with E-state index in [-0.39, 0.29) is 0 Å². The molecule has 3 nitrogen and oxygen atoms in total. The van der Waals surface area contributed by atoms with E-state index in [1.165, 1.54) is 0 Å². The van der Waals surface area contributed by atoms with Gasteiger partial charge in [-0.25, -0.2) is 0 Å². The van der Waals surface area contributed by atoms with Gasteiger partial charge < -0.3 is 13.9 Å². The van der Waals surface area contributed by atoms with Gasteiger partial charge in [0, 0.05) is 20.3 Å². The fraction of sp³-hybridized carbons (Fsp3) is 1.00. The molecular weight excluding hydrogens is 196 g/mol. The largest absolute Gasteiger partial charge is 0.420 e. The second kappa shape index (κ2) is 8.41. The highest BCUT2D eigenvalue weighted by Crippen LogP contribution is 2.11. The molecule has 0 N–H and O–H groups in total. The molecule has 0 aromatic carbocycles. The molecule has 0 aromatic rings. The van der Waals surface area contributed by atoms with Crippen LogP contribution in [0.3, 0.4) is 0 Å². The average molecular weight is 220 g/mol. The zero-order valence-corrected chi connectivity index (χ0v) is 11.0. The molecule has 0 atom stereocenters. The van der Waals surface area contributed by atoms with Crippen LogP contribution in [0.2, 0.25) is 19.1 Å². The monoisotopic (exact) mass is 220 g/mol. The molecule has 0 heterocycles. The first kappa shape index (κ1) is 14.1. The zero-order valence-electron chi connectivity index (χ0n) is 9.97. The number of ether oxygens (including phenoxy) is 2. The van der Waals surface area contributed by atoms with E-state index in [1.54, 1.807) is 0 Å². The smallest absolute Gasteiger partial charge is 0.186 e. The van der Waals surface area contributed by atoms with Gasteiger partial charge in [0.2, 0.25) is 0 Å². The van der Waals surface area contributed by atoms with E-state index in [9.17, 15) is 0 Å². The van der Waals surface area contributed by atoms with Gasteiger partial charge in [-0.3, -0.25) is 0 Å². The van der Waals surface area contributed by atoms with Crippen LogP contribution >= 0.6 is 0 Å². The van der Waals surface area contributed by atoms with Crippen LogP contribution in [0.1, 0.15) is 13.3 Å². The van der Waals surface area contributed by atoms with Crippen LogP contribution in [0.5, 0.6) is 0 Å². The van der Waals surface area contributed by atoms with E-state index >= 15 is 0 Å². The van der Waals surface area contributed by atoms with E-state index in [0.717, 1.165) is 25.7 Å². The first-order valence-electron chi connectivity index (χ1n) is 5.33. The molecule has 0 unspecified atom stereocenters. The molecule has 0 aliphatic rings. The maximum absolute atomic E-state index is 5.44. The lowest BCUT2D eigenvalue weighted by atomic mass is 10.5. The van der Waals surface area contributed by atoms with Crippen LogP contribution in [0.25, 0.3) is 0 Å². The molecule has 0 saturated carbocycles. The second-order valence-electron chi connectivity index (χ2n) is 3.88. The van der Waals surface area contributed by atoms with E-state index in [2.05, 4.69) is 13.1 Å². The van der Waals surface area contributed by atoms with Gasteiger partial charge in [-0.1, -0.05) is 0 Å². The fourth-order valence-corrected chi connectivity index (χ4v) is 2.27. The second-order valence-corrected chi connectivity index (χ2v) is 8.30. The summed E-state index contributed by atoms with van der Waals surface area (Å²) < 4.78 is 16.0. The molecule has 0 radical (unpaired) electrons. The maximum atomic E-state index is 5.44. The van der Waals surface area contributed by atoms with Crippen LogP contribution in [0.15, 0.2) is 0 Å². The third-order valence-electron chi connectivity index (χ3n) is 2.20. The van der Waals surface area contributed by atoms with Crippen LogP contribution < -0.4 is 0 Å². The van der Waals surface area contributed by atoms with Crippen LogP contribution in [-0.2, 0) is 13.9 Å². The van der Waals surface area contributed by atoms with Crippen molar-refractivity contribution in [2.75, 3.05) is 33.5 Å². The van der Waals surface area contributed by atoms with Crippen molar-refractivity contribution in [3.63, 3.8) is 0 Å². The Morgan fingerprint density at radius 2 is 1.64 bits per heavy atom. The summed E-state index contributed by atoms with van der Waals surface area (Å²) in [6.45, 7) is 9.47. The Bertz CT molecular complexity index is 129. The minimum absolute atomic E-state index is 0.710. The summed E-state index contributed by atoms with van der Waals surface area (Å²) >= 11 is 0. The molecule has 86 valence electrons. The van der Waals surface area contributed by atoms with Crippen molar-refractivity contribution in [3.05, 3.63) is 0 Å². The van der Waals surface area contributed by atoms with Gasteiger partial charge in [-0.05, 0) is 32.5 Å². The summed E-state index contributed by atoms with van der Waals surface area (Å²) in [6.07, 6.45) is 1.10. The molecule has 14 heavy (non-hydrogen) atoms. The molecule has 0 amide bonds. The quantitative estimate of drug-likeness (QED) is 0.441. The molecule has 0 aliphatic carbocycles. The average Bonchev–Trinajstić information content (AvgIpc) is 2.16. The van der Waals surface area contributed by atoms with Crippen molar-refractivity contribution in [1.82, 2.24) is 0 Å². The molecule has 4 heteroatoms. The normalized spacial score (nSPS) is 12.0. The minimum atomic E-state index is -1.36. The summed E-state index contributed by atoms with van der Waals surface area (Å²) in [5, 5.41) is 0. The Labute approximate surface area is 88.9 Å². The van der Waals surface area contributed by atoms with Crippen molar-refractivity contribution in [3.8, 4) is 0 Å². The first-order valence-corrected chi connectivity index (χ1v) is 8.44. The van der Waals surface area contributed by atoms with Crippen molar-refractivity contribution in [1.29, 1.82) is 0 Å². The topological polar surface area (TPSA) is 27.7 Å². The summed E-state index contributed by atoms with van der Waals surface area (Å²) in [7, 11) is 0.444. The molecule has 0 rings (SSSR count). The Balaban J connectivity index is 3.13. The van der Waals surface area contributed by atoms with Gasteiger partial charge >= 0.3 is 0 Å². The maximum Gasteiger partial charge on any atom is 0.186 e. The summed E-state index contributed by atoms with van der Waals surface area (Å²) in [5.74, 6) is 0. The number of hydrogen-bond donors (Lipinski definition) is 0. The number of hydrogen-bond acceptors (Lipinski definition) is 3. The van der Waals surface area contributed by atoms with Crippen LogP contribution in [0.4, 0.5) is 0 Å². The summed E-state index contributed by atoms with van der Waals surface area (Å²) in [5.41, 5.74) is 0. The predicted octanol–water partition coefficient (Wildman–Crippen LogP) is 2.28. The van der Waals surface area contributed by atoms with Gasteiger partial charge in [0.1, 0.15) is 0 Å². The van der Waals surface area contributed by atoms with Gasteiger partial charge in [0.25, 0.3) is 0 Å². The lowest BCUT2D eigenvalue weighted by molar-refractivity contribution is 0.0528. The van der Waals surface area contributed by atoms with E-state index in [4.69, 9.17) is 13.9 Å². The zero-order chi connectivity index (χ0) is 10.9. The van der Waals surface area contributed by atoms with Crippen molar-refractivity contribution in [2.24, 2.45) is 0 Å². The molecule has 0 fully saturated rings. The SMILES string of the molecule is CCOCCOCCC[Si](C)(C)OC. The van der Waals surface area contributed by atoms with Crippen molar-refractivity contribution < 1.29 is 13.9 Å². The van der Waals surface area contributed by atoms with E-state index in [0.29, 0.717) is 13.2 Å². The molecule has 0 aliphatic heterocycles.